The molecular formula is C15H13BrCl2FNO. The van der Waals surface area contributed by atoms with Crippen LogP contribution in [0, 0.1) is 5.82 Å². The van der Waals surface area contributed by atoms with Crippen LogP contribution >= 0.6 is 39.1 Å². The lowest BCUT2D eigenvalue weighted by Gasteiger charge is -2.14. The van der Waals surface area contributed by atoms with Crippen LogP contribution in [0.3, 0.4) is 0 Å². The van der Waals surface area contributed by atoms with Crippen LogP contribution in [-0.4, -0.2) is 7.05 Å². The van der Waals surface area contributed by atoms with Gasteiger partial charge in [-0.2, -0.15) is 0 Å². The van der Waals surface area contributed by atoms with E-state index < -0.39 is 0 Å². The summed E-state index contributed by atoms with van der Waals surface area (Å²) in [6, 6.07) is 8.22. The minimum atomic E-state index is -0.325. The van der Waals surface area contributed by atoms with Crippen molar-refractivity contribution in [2.45, 2.75) is 13.2 Å². The second kappa shape index (κ2) is 7.45. The number of hydrogen-bond donors (Lipinski definition) is 1. The van der Waals surface area contributed by atoms with E-state index >= 15 is 0 Å². The number of benzene rings is 2. The summed E-state index contributed by atoms with van der Waals surface area (Å²) < 4.78 is 19.6. The molecule has 0 aliphatic heterocycles. The van der Waals surface area contributed by atoms with Crippen LogP contribution in [0.15, 0.2) is 34.8 Å². The Balaban J connectivity index is 2.25. The van der Waals surface area contributed by atoms with Crippen molar-refractivity contribution in [3.63, 3.8) is 0 Å². The maximum atomic E-state index is 13.5. The van der Waals surface area contributed by atoms with Gasteiger partial charge in [-0.3, -0.25) is 0 Å². The Kier molecular flexibility index (Phi) is 5.88. The fourth-order valence-corrected chi connectivity index (χ4v) is 2.88. The second-order valence-corrected chi connectivity index (χ2v) is 6.04. The lowest BCUT2D eigenvalue weighted by atomic mass is 10.2. The summed E-state index contributed by atoms with van der Waals surface area (Å²) in [5.74, 6) is 0.223. The Bertz CT molecular complexity index is 652. The molecule has 2 nitrogen and oxygen atoms in total. The van der Waals surface area contributed by atoms with E-state index in [0.29, 0.717) is 32.4 Å². The molecule has 112 valence electrons. The minimum absolute atomic E-state index is 0.205. The van der Waals surface area contributed by atoms with Gasteiger partial charge in [0.2, 0.25) is 0 Å². The van der Waals surface area contributed by atoms with Gasteiger partial charge < -0.3 is 10.1 Å². The molecule has 0 aliphatic rings. The third-order valence-electron chi connectivity index (χ3n) is 2.86. The van der Waals surface area contributed by atoms with Gasteiger partial charge in [-0.15, -0.1) is 0 Å². The Labute approximate surface area is 141 Å². The van der Waals surface area contributed by atoms with E-state index in [-0.39, 0.29) is 12.4 Å². The summed E-state index contributed by atoms with van der Waals surface area (Å²) in [4.78, 5) is 0. The lowest BCUT2D eigenvalue weighted by molar-refractivity contribution is 0.301. The van der Waals surface area contributed by atoms with Crippen molar-refractivity contribution < 1.29 is 9.13 Å². The molecule has 0 fully saturated rings. The summed E-state index contributed by atoms with van der Waals surface area (Å²) in [7, 11) is 1.82. The molecule has 0 atom stereocenters. The second-order valence-electron chi connectivity index (χ2n) is 4.41. The fourth-order valence-electron chi connectivity index (χ4n) is 1.91. The summed E-state index contributed by atoms with van der Waals surface area (Å²) in [6.07, 6.45) is 0. The number of ether oxygens (including phenoxy) is 1. The standard InChI is InChI=1S/C15H13BrCl2FNO/c1-20-7-10-5-11(17)6-12(18)15(10)21-8-9-3-2-4-13(19)14(9)16/h2-6,20H,7-8H2,1H3. The number of nitrogens with one attached hydrogen (secondary N) is 1. The highest BCUT2D eigenvalue weighted by atomic mass is 79.9. The van der Waals surface area contributed by atoms with Crippen molar-refractivity contribution in [2.24, 2.45) is 0 Å². The van der Waals surface area contributed by atoms with E-state index in [1.165, 1.54) is 6.07 Å². The zero-order valence-electron chi connectivity index (χ0n) is 11.2. The Hall–Kier alpha value is -0.810. The van der Waals surface area contributed by atoms with Crippen LogP contribution in [0.5, 0.6) is 5.75 Å². The van der Waals surface area contributed by atoms with E-state index in [1.54, 1.807) is 24.3 Å². The Morgan fingerprint density at radius 3 is 2.71 bits per heavy atom. The van der Waals surface area contributed by atoms with Gasteiger partial charge in [-0.1, -0.05) is 35.3 Å². The molecule has 0 saturated heterocycles. The smallest absolute Gasteiger partial charge is 0.142 e. The van der Waals surface area contributed by atoms with Gasteiger partial charge in [0.1, 0.15) is 18.2 Å². The van der Waals surface area contributed by atoms with Crippen LogP contribution in [0.25, 0.3) is 0 Å². The van der Waals surface area contributed by atoms with Gasteiger partial charge >= 0.3 is 0 Å². The molecule has 0 aliphatic carbocycles. The van der Waals surface area contributed by atoms with Crippen LogP contribution in [0.4, 0.5) is 4.39 Å². The fraction of sp³-hybridized carbons (Fsp3) is 0.200. The molecule has 0 spiro atoms. The molecule has 0 saturated carbocycles. The minimum Gasteiger partial charge on any atom is -0.487 e. The van der Waals surface area contributed by atoms with Gasteiger partial charge in [-0.25, -0.2) is 4.39 Å². The molecule has 0 amide bonds. The zero-order chi connectivity index (χ0) is 15.4. The highest BCUT2D eigenvalue weighted by molar-refractivity contribution is 9.10. The number of hydrogen-bond acceptors (Lipinski definition) is 2. The summed E-state index contributed by atoms with van der Waals surface area (Å²) in [5.41, 5.74) is 1.55. The molecule has 2 aromatic carbocycles. The Morgan fingerprint density at radius 2 is 2.00 bits per heavy atom. The van der Waals surface area contributed by atoms with Crippen molar-refractivity contribution >= 4 is 39.1 Å². The average Bonchev–Trinajstić information content (AvgIpc) is 2.42. The normalized spacial score (nSPS) is 10.7. The molecule has 0 radical (unpaired) electrons. The molecule has 2 rings (SSSR count). The van der Waals surface area contributed by atoms with Gasteiger partial charge in [0, 0.05) is 22.7 Å². The summed E-state index contributed by atoms with van der Waals surface area (Å²) >= 11 is 15.4. The highest BCUT2D eigenvalue weighted by Crippen LogP contribution is 2.33. The van der Waals surface area contributed by atoms with Crippen molar-refractivity contribution in [2.75, 3.05) is 7.05 Å². The highest BCUT2D eigenvalue weighted by Gasteiger charge is 2.12. The van der Waals surface area contributed by atoms with Crippen LogP contribution in [0.1, 0.15) is 11.1 Å². The summed E-state index contributed by atoms with van der Waals surface area (Å²) in [5, 5.41) is 4.01. The first-order valence-corrected chi connectivity index (χ1v) is 7.76. The first-order valence-electron chi connectivity index (χ1n) is 6.21. The van der Waals surface area contributed by atoms with E-state index in [4.69, 9.17) is 27.9 Å². The predicted molar refractivity (Wildman–Crippen MR) is 87.7 cm³/mol. The maximum Gasteiger partial charge on any atom is 0.142 e. The van der Waals surface area contributed by atoms with E-state index in [0.717, 1.165) is 5.56 Å². The lowest BCUT2D eigenvalue weighted by Crippen LogP contribution is -2.08. The molecule has 2 aromatic rings. The number of halogens is 4. The number of rotatable bonds is 5. The van der Waals surface area contributed by atoms with Crippen LogP contribution in [-0.2, 0) is 13.2 Å². The van der Waals surface area contributed by atoms with Crippen molar-refractivity contribution in [1.82, 2.24) is 5.32 Å². The van der Waals surface area contributed by atoms with E-state index in [2.05, 4.69) is 21.2 Å². The molecule has 6 heteroatoms. The van der Waals surface area contributed by atoms with Crippen molar-refractivity contribution in [3.05, 3.63) is 61.8 Å². The van der Waals surface area contributed by atoms with Gasteiger partial charge in [0.15, 0.2) is 0 Å². The molecule has 21 heavy (non-hydrogen) atoms. The largest absolute Gasteiger partial charge is 0.487 e. The van der Waals surface area contributed by atoms with Crippen molar-refractivity contribution in [1.29, 1.82) is 0 Å². The van der Waals surface area contributed by atoms with E-state index in [9.17, 15) is 4.39 Å². The maximum absolute atomic E-state index is 13.5. The van der Waals surface area contributed by atoms with Crippen LogP contribution < -0.4 is 10.1 Å². The SMILES string of the molecule is CNCc1cc(Cl)cc(Cl)c1OCc1cccc(F)c1Br. The third kappa shape index (κ3) is 4.10. The molecular weight excluding hydrogens is 380 g/mol. The average molecular weight is 393 g/mol. The van der Waals surface area contributed by atoms with Gasteiger partial charge in [0.25, 0.3) is 0 Å². The third-order valence-corrected chi connectivity index (χ3v) is 4.24. The van der Waals surface area contributed by atoms with Gasteiger partial charge in [-0.05, 0) is 41.2 Å². The topological polar surface area (TPSA) is 21.3 Å². The predicted octanol–water partition coefficient (Wildman–Crippen LogP) is 5.19. The Morgan fingerprint density at radius 1 is 1.24 bits per heavy atom. The zero-order valence-corrected chi connectivity index (χ0v) is 14.3. The first kappa shape index (κ1) is 16.6. The molecule has 1 N–H and O–H groups in total. The molecule has 0 aromatic heterocycles. The first-order chi connectivity index (χ1) is 10.0. The summed E-state index contributed by atoms with van der Waals surface area (Å²) in [6.45, 7) is 0.774. The monoisotopic (exact) mass is 391 g/mol. The van der Waals surface area contributed by atoms with Crippen molar-refractivity contribution in [3.8, 4) is 5.75 Å². The van der Waals surface area contributed by atoms with E-state index in [1.807, 2.05) is 7.05 Å². The molecule has 0 bridgehead atoms. The van der Waals surface area contributed by atoms with Crippen LogP contribution in [0.2, 0.25) is 10.0 Å². The molecule has 0 unspecified atom stereocenters. The van der Waals surface area contributed by atoms with Gasteiger partial charge in [0.05, 0.1) is 9.50 Å². The quantitative estimate of drug-likeness (QED) is 0.755. The molecule has 0 heterocycles.